The molecule has 1 aromatic carbocycles. The Hall–Kier alpha value is -2.53. The first-order valence-electron chi connectivity index (χ1n) is 6.42. The fourth-order valence-corrected chi connectivity index (χ4v) is 2.92. The van der Waals surface area contributed by atoms with Gasteiger partial charge in [-0.15, -0.1) is 11.3 Å². The Morgan fingerprint density at radius 3 is 2.52 bits per heavy atom. The SMILES string of the molecule is O=C(O)c1sc(-c2ccccn2)nc1Cc1ccccc1. The van der Waals surface area contributed by atoms with Gasteiger partial charge in [-0.2, -0.15) is 0 Å². The second-order valence-corrected chi connectivity index (χ2v) is 5.48. The first-order valence-corrected chi connectivity index (χ1v) is 7.24. The van der Waals surface area contributed by atoms with Gasteiger partial charge < -0.3 is 5.11 Å². The lowest BCUT2D eigenvalue weighted by Gasteiger charge is -1.99. The molecule has 3 rings (SSSR count). The van der Waals surface area contributed by atoms with E-state index < -0.39 is 5.97 Å². The minimum absolute atomic E-state index is 0.277. The normalized spacial score (nSPS) is 10.5. The highest BCUT2D eigenvalue weighted by Gasteiger charge is 2.18. The lowest BCUT2D eigenvalue weighted by Crippen LogP contribution is -1.99. The van der Waals surface area contributed by atoms with E-state index in [0.717, 1.165) is 5.56 Å². The van der Waals surface area contributed by atoms with Crippen LogP contribution in [0.1, 0.15) is 20.9 Å². The molecule has 0 unspecified atom stereocenters. The van der Waals surface area contributed by atoms with E-state index in [9.17, 15) is 9.90 Å². The smallest absolute Gasteiger partial charge is 0.347 e. The van der Waals surface area contributed by atoms with Crippen LogP contribution >= 0.6 is 11.3 Å². The Balaban J connectivity index is 2.00. The zero-order chi connectivity index (χ0) is 14.7. The maximum absolute atomic E-state index is 11.4. The Morgan fingerprint density at radius 2 is 1.86 bits per heavy atom. The van der Waals surface area contributed by atoms with Gasteiger partial charge in [0, 0.05) is 12.6 Å². The lowest BCUT2D eigenvalue weighted by molar-refractivity contribution is 0.0701. The molecule has 0 aliphatic rings. The molecule has 1 N–H and O–H groups in total. The monoisotopic (exact) mass is 296 g/mol. The van der Waals surface area contributed by atoms with E-state index in [1.54, 1.807) is 6.20 Å². The molecule has 0 aliphatic heterocycles. The summed E-state index contributed by atoms with van der Waals surface area (Å²) in [6.45, 7) is 0. The van der Waals surface area contributed by atoms with E-state index in [-0.39, 0.29) is 4.88 Å². The van der Waals surface area contributed by atoms with Crippen molar-refractivity contribution in [2.24, 2.45) is 0 Å². The molecule has 0 saturated heterocycles. The van der Waals surface area contributed by atoms with Gasteiger partial charge in [0.15, 0.2) is 0 Å². The molecule has 2 heterocycles. The quantitative estimate of drug-likeness (QED) is 0.800. The van der Waals surface area contributed by atoms with E-state index in [1.807, 2.05) is 48.5 Å². The average Bonchev–Trinajstić information content (AvgIpc) is 2.93. The molecule has 3 aromatic rings. The van der Waals surface area contributed by atoms with Gasteiger partial charge in [-0.05, 0) is 17.7 Å². The summed E-state index contributed by atoms with van der Waals surface area (Å²) in [5, 5.41) is 9.99. The van der Waals surface area contributed by atoms with Crippen molar-refractivity contribution in [3.8, 4) is 10.7 Å². The van der Waals surface area contributed by atoms with Gasteiger partial charge in [0.2, 0.25) is 0 Å². The molecular weight excluding hydrogens is 284 g/mol. The summed E-state index contributed by atoms with van der Waals surface area (Å²) < 4.78 is 0. The number of aromatic carboxylic acids is 1. The minimum atomic E-state index is -0.944. The van der Waals surface area contributed by atoms with Gasteiger partial charge in [-0.3, -0.25) is 4.98 Å². The van der Waals surface area contributed by atoms with Crippen LogP contribution in [0.2, 0.25) is 0 Å². The Kier molecular flexibility index (Phi) is 3.75. The molecule has 0 aliphatic carbocycles. The third kappa shape index (κ3) is 2.98. The topological polar surface area (TPSA) is 63.1 Å². The third-order valence-corrected chi connectivity index (χ3v) is 4.10. The van der Waals surface area contributed by atoms with E-state index in [1.165, 1.54) is 11.3 Å². The van der Waals surface area contributed by atoms with Crippen LogP contribution in [0.3, 0.4) is 0 Å². The van der Waals surface area contributed by atoms with E-state index >= 15 is 0 Å². The van der Waals surface area contributed by atoms with Gasteiger partial charge in [0.1, 0.15) is 9.88 Å². The van der Waals surface area contributed by atoms with Crippen molar-refractivity contribution in [2.75, 3.05) is 0 Å². The molecule has 5 heteroatoms. The average molecular weight is 296 g/mol. The van der Waals surface area contributed by atoms with Crippen molar-refractivity contribution in [1.29, 1.82) is 0 Å². The molecule has 0 bridgehead atoms. The van der Waals surface area contributed by atoms with Gasteiger partial charge in [-0.25, -0.2) is 9.78 Å². The predicted octanol–water partition coefficient (Wildman–Crippen LogP) is 3.49. The predicted molar refractivity (Wildman–Crippen MR) is 81.6 cm³/mol. The van der Waals surface area contributed by atoms with Crippen LogP contribution in [0.5, 0.6) is 0 Å². The lowest BCUT2D eigenvalue weighted by atomic mass is 10.1. The van der Waals surface area contributed by atoms with Crippen LogP contribution in [0, 0.1) is 0 Å². The third-order valence-electron chi connectivity index (χ3n) is 2.99. The van der Waals surface area contributed by atoms with E-state index in [0.29, 0.717) is 22.8 Å². The molecule has 0 radical (unpaired) electrons. The summed E-state index contributed by atoms with van der Waals surface area (Å²) in [7, 11) is 0. The molecule has 0 atom stereocenters. The number of carboxylic acids is 1. The van der Waals surface area contributed by atoms with Gasteiger partial charge in [-0.1, -0.05) is 36.4 Å². The number of carbonyl (C=O) groups is 1. The minimum Gasteiger partial charge on any atom is -0.477 e. The number of hydrogen-bond acceptors (Lipinski definition) is 4. The van der Waals surface area contributed by atoms with Gasteiger partial charge in [0.25, 0.3) is 0 Å². The highest BCUT2D eigenvalue weighted by Crippen LogP contribution is 2.28. The summed E-state index contributed by atoms with van der Waals surface area (Å²) >= 11 is 1.17. The first-order chi connectivity index (χ1) is 10.2. The molecule has 2 aromatic heterocycles. The van der Waals surface area contributed by atoms with Crippen LogP contribution < -0.4 is 0 Å². The summed E-state index contributed by atoms with van der Waals surface area (Å²) in [6, 6.07) is 15.2. The second-order valence-electron chi connectivity index (χ2n) is 4.48. The summed E-state index contributed by atoms with van der Waals surface area (Å²) in [5.74, 6) is -0.944. The van der Waals surface area contributed by atoms with Crippen LogP contribution in [-0.4, -0.2) is 21.0 Å². The van der Waals surface area contributed by atoms with Crippen molar-refractivity contribution in [1.82, 2.24) is 9.97 Å². The van der Waals surface area contributed by atoms with Crippen molar-refractivity contribution in [3.63, 3.8) is 0 Å². The molecule has 0 amide bonds. The van der Waals surface area contributed by atoms with Gasteiger partial charge in [0.05, 0.1) is 11.4 Å². The maximum atomic E-state index is 11.4. The number of carboxylic acid groups (broad SMARTS) is 1. The number of hydrogen-bond donors (Lipinski definition) is 1. The Labute approximate surface area is 125 Å². The van der Waals surface area contributed by atoms with Crippen LogP contribution in [0.25, 0.3) is 10.7 Å². The number of rotatable bonds is 4. The molecule has 4 nitrogen and oxygen atoms in total. The largest absolute Gasteiger partial charge is 0.477 e. The second kappa shape index (κ2) is 5.85. The van der Waals surface area contributed by atoms with E-state index in [4.69, 9.17) is 0 Å². The molecule has 0 spiro atoms. The van der Waals surface area contributed by atoms with Crippen LogP contribution in [0.15, 0.2) is 54.7 Å². The maximum Gasteiger partial charge on any atom is 0.347 e. The number of aromatic nitrogens is 2. The van der Waals surface area contributed by atoms with Crippen molar-refractivity contribution >= 4 is 17.3 Å². The number of benzene rings is 1. The first kappa shape index (κ1) is 13.5. The molecule has 104 valence electrons. The highest BCUT2D eigenvalue weighted by molar-refractivity contribution is 7.17. The number of nitrogens with zero attached hydrogens (tertiary/aromatic N) is 2. The van der Waals surface area contributed by atoms with Crippen molar-refractivity contribution in [3.05, 3.63) is 70.9 Å². The highest BCUT2D eigenvalue weighted by atomic mass is 32.1. The number of thiazole rings is 1. The Morgan fingerprint density at radius 1 is 1.10 bits per heavy atom. The summed E-state index contributed by atoms with van der Waals surface area (Å²) in [4.78, 5) is 20.4. The van der Waals surface area contributed by atoms with Gasteiger partial charge >= 0.3 is 5.97 Å². The zero-order valence-electron chi connectivity index (χ0n) is 11.1. The van der Waals surface area contributed by atoms with Crippen molar-refractivity contribution < 1.29 is 9.90 Å². The zero-order valence-corrected chi connectivity index (χ0v) is 11.9. The van der Waals surface area contributed by atoms with E-state index in [2.05, 4.69) is 9.97 Å². The standard InChI is InChI=1S/C16H12N2O2S/c19-16(20)14-13(10-11-6-2-1-3-7-11)18-15(21-14)12-8-4-5-9-17-12/h1-9H,10H2,(H,19,20). The summed E-state index contributed by atoms with van der Waals surface area (Å²) in [6.07, 6.45) is 2.18. The fourth-order valence-electron chi connectivity index (χ4n) is 2.03. The van der Waals surface area contributed by atoms with Crippen LogP contribution in [0.4, 0.5) is 0 Å². The molecule has 0 fully saturated rings. The summed E-state index contributed by atoms with van der Waals surface area (Å²) in [5.41, 5.74) is 2.32. The van der Waals surface area contributed by atoms with Crippen molar-refractivity contribution in [2.45, 2.75) is 6.42 Å². The Bertz CT molecular complexity index is 754. The fraction of sp³-hybridized carbons (Fsp3) is 0.0625. The molecular formula is C16H12N2O2S. The van der Waals surface area contributed by atoms with Crippen LogP contribution in [-0.2, 0) is 6.42 Å². The molecule has 21 heavy (non-hydrogen) atoms. The number of pyridine rings is 1. The molecule has 0 saturated carbocycles.